The number of halogens is 2. The first-order valence-electron chi connectivity index (χ1n) is 11.0. The topological polar surface area (TPSA) is 94.2 Å². The number of fused-ring (bicyclic) bond motifs is 1. The van der Waals surface area contributed by atoms with Crippen molar-refractivity contribution in [1.29, 1.82) is 0 Å². The molecule has 2 fully saturated rings. The number of aromatic nitrogens is 3. The molecule has 1 aliphatic heterocycles. The van der Waals surface area contributed by atoms with Gasteiger partial charge in [0.15, 0.2) is 11.0 Å². The smallest absolute Gasteiger partial charge is 0.270 e. The minimum atomic E-state index is -0.438. The highest BCUT2D eigenvalue weighted by atomic mass is 35.5. The molecule has 1 saturated carbocycles. The van der Waals surface area contributed by atoms with E-state index in [9.17, 15) is 9.59 Å². The van der Waals surface area contributed by atoms with Gasteiger partial charge in [-0.3, -0.25) is 14.5 Å². The van der Waals surface area contributed by atoms with Gasteiger partial charge < -0.3 is 15.2 Å². The van der Waals surface area contributed by atoms with Gasteiger partial charge in [0.1, 0.15) is 16.9 Å². The van der Waals surface area contributed by atoms with Crippen LogP contribution in [-0.4, -0.2) is 58.0 Å². The van der Waals surface area contributed by atoms with Crippen LogP contribution in [0.15, 0.2) is 29.1 Å². The molecule has 2 N–H and O–H groups in total. The molecule has 1 aliphatic carbocycles. The van der Waals surface area contributed by atoms with E-state index in [2.05, 4.69) is 30.1 Å². The minimum absolute atomic E-state index is 0.144. The summed E-state index contributed by atoms with van der Waals surface area (Å²) < 4.78 is 15.0. The molecular weight excluding hydrogens is 447 g/mol. The Morgan fingerprint density at radius 2 is 1.94 bits per heavy atom. The lowest BCUT2D eigenvalue weighted by molar-refractivity contribution is 0.0946. The van der Waals surface area contributed by atoms with Crippen molar-refractivity contribution in [2.24, 2.45) is 0 Å². The van der Waals surface area contributed by atoms with Crippen LogP contribution in [0.1, 0.15) is 34.6 Å². The first-order valence-corrected chi connectivity index (χ1v) is 11.4. The highest BCUT2D eigenvalue weighted by Crippen LogP contribution is 2.27. The second-order valence-corrected chi connectivity index (χ2v) is 8.96. The molecule has 10 heteroatoms. The molecule has 33 heavy (non-hydrogen) atoms. The monoisotopic (exact) mass is 470 g/mol. The van der Waals surface area contributed by atoms with Crippen LogP contribution in [0.25, 0.3) is 11.0 Å². The molecule has 1 saturated heterocycles. The van der Waals surface area contributed by atoms with Crippen LogP contribution >= 0.6 is 11.6 Å². The van der Waals surface area contributed by atoms with Gasteiger partial charge in [0.05, 0.1) is 11.2 Å². The number of hydrogen-bond acceptors (Lipinski definition) is 6. The van der Waals surface area contributed by atoms with Gasteiger partial charge in [0.25, 0.3) is 11.5 Å². The summed E-state index contributed by atoms with van der Waals surface area (Å²) in [6, 6.07) is 7.26. The number of hydrogen-bond donors (Lipinski definition) is 2. The fraction of sp³-hybridized carbons (Fsp3) is 0.391. The molecule has 172 valence electrons. The van der Waals surface area contributed by atoms with Crippen molar-refractivity contribution in [3.8, 4) is 0 Å². The van der Waals surface area contributed by atoms with Crippen molar-refractivity contribution in [1.82, 2.24) is 25.2 Å². The molecule has 0 radical (unpaired) electrons. The van der Waals surface area contributed by atoms with Gasteiger partial charge in [-0.2, -0.15) is 0 Å². The van der Waals surface area contributed by atoms with E-state index in [0.717, 1.165) is 18.5 Å². The van der Waals surface area contributed by atoms with Crippen molar-refractivity contribution in [3.05, 3.63) is 62.5 Å². The van der Waals surface area contributed by atoms with E-state index in [-0.39, 0.29) is 23.0 Å². The summed E-state index contributed by atoms with van der Waals surface area (Å²) in [5.41, 5.74) is 2.14. The number of benzene rings is 1. The van der Waals surface area contributed by atoms with Gasteiger partial charge in [-0.25, -0.2) is 14.4 Å². The van der Waals surface area contributed by atoms with Gasteiger partial charge >= 0.3 is 0 Å². The Balaban J connectivity index is 1.24. The van der Waals surface area contributed by atoms with Crippen molar-refractivity contribution >= 4 is 34.2 Å². The number of H-pyrrole nitrogens is 1. The Kier molecular flexibility index (Phi) is 5.76. The van der Waals surface area contributed by atoms with Crippen molar-refractivity contribution in [2.45, 2.75) is 32.4 Å². The van der Waals surface area contributed by atoms with Crippen LogP contribution in [-0.2, 0) is 6.54 Å². The zero-order valence-corrected chi connectivity index (χ0v) is 19.0. The van der Waals surface area contributed by atoms with Gasteiger partial charge in [-0.1, -0.05) is 17.7 Å². The van der Waals surface area contributed by atoms with Gasteiger partial charge in [-0.15, -0.1) is 0 Å². The Morgan fingerprint density at radius 3 is 2.64 bits per heavy atom. The number of carbonyl (C=O) groups excluding carboxylic acids is 1. The fourth-order valence-electron chi connectivity index (χ4n) is 4.04. The Hall–Kier alpha value is -3.04. The second-order valence-electron chi connectivity index (χ2n) is 8.60. The SMILES string of the molecule is Cc1nc2ccc(CN3CCN(c4ccc(C(=O)NC5CC5)nc4Cl)CC3)c(F)c2[nH]c1=O. The molecule has 3 heterocycles. The van der Waals surface area contributed by atoms with E-state index in [1.807, 2.05) is 6.07 Å². The number of piperazine rings is 1. The molecule has 5 rings (SSSR count). The van der Waals surface area contributed by atoms with Crippen LogP contribution in [0.2, 0.25) is 5.15 Å². The van der Waals surface area contributed by atoms with E-state index >= 15 is 4.39 Å². The highest BCUT2D eigenvalue weighted by Gasteiger charge is 2.26. The lowest BCUT2D eigenvalue weighted by atomic mass is 10.1. The summed E-state index contributed by atoms with van der Waals surface area (Å²) in [6.45, 7) is 4.84. The third-order valence-corrected chi connectivity index (χ3v) is 6.41. The predicted octanol–water partition coefficient (Wildman–Crippen LogP) is 2.63. The first-order chi connectivity index (χ1) is 15.9. The van der Waals surface area contributed by atoms with Gasteiger partial charge in [-0.05, 0) is 38.0 Å². The summed E-state index contributed by atoms with van der Waals surface area (Å²) in [5, 5.41) is 3.22. The normalized spacial score (nSPS) is 16.9. The van der Waals surface area contributed by atoms with Crippen molar-refractivity contribution in [2.75, 3.05) is 31.1 Å². The molecule has 0 atom stereocenters. The van der Waals surface area contributed by atoms with Gasteiger partial charge in [0.2, 0.25) is 0 Å². The number of anilines is 1. The quantitative estimate of drug-likeness (QED) is 0.557. The summed E-state index contributed by atoms with van der Waals surface area (Å²) in [7, 11) is 0. The van der Waals surface area contributed by atoms with Crippen LogP contribution in [0.3, 0.4) is 0 Å². The summed E-state index contributed by atoms with van der Waals surface area (Å²) >= 11 is 6.39. The van der Waals surface area contributed by atoms with Crippen LogP contribution < -0.4 is 15.8 Å². The molecule has 2 aromatic heterocycles. The third kappa shape index (κ3) is 4.56. The number of nitrogens with one attached hydrogen (secondary N) is 2. The van der Waals surface area contributed by atoms with E-state index in [1.54, 1.807) is 25.1 Å². The molecule has 0 unspecified atom stereocenters. The third-order valence-electron chi connectivity index (χ3n) is 6.14. The number of aryl methyl sites for hydroxylation is 1. The average molecular weight is 471 g/mol. The number of rotatable bonds is 5. The molecule has 8 nitrogen and oxygen atoms in total. The number of pyridine rings is 1. The molecule has 1 amide bonds. The standard InChI is InChI=1S/C23H24ClFN6O2/c1-13-22(32)29-20-16(26-13)5-2-14(19(20)25)12-30-8-10-31(11-9-30)18-7-6-17(28-21(18)24)23(33)27-15-3-4-15/h2,5-7,15H,3-4,8-12H2,1H3,(H,27,33)(H,29,32). The molecule has 2 aliphatic rings. The first kappa shape index (κ1) is 21.8. The maximum absolute atomic E-state index is 15.0. The molecular formula is C23H24ClFN6O2. The Labute approximate surface area is 194 Å². The molecule has 1 aromatic carbocycles. The summed E-state index contributed by atoms with van der Waals surface area (Å²) in [6.07, 6.45) is 2.03. The Morgan fingerprint density at radius 1 is 1.18 bits per heavy atom. The highest BCUT2D eigenvalue weighted by molar-refractivity contribution is 6.32. The summed E-state index contributed by atoms with van der Waals surface area (Å²) in [5.74, 6) is -0.633. The van der Waals surface area contributed by atoms with E-state index in [4.69, 9.17) is 11.6 Å². The van der Waals surface area contributed by atoms with E-state index in [0.29, 0.717) is 60.3 Å². The predicted molar refractivity (Wildman–Crippen MR) is 124 cm³/mol. The number of aromatic amines is 1. The average Bonchev–Trinajstić information content (AvgIpc) is 3.62. The lowest BCUT2D eigenvalue weighted by Crippen LogP contribution is -2.46. The maximum Gasteiger partial charge on any atom is 0.270 e. The summed E-state index contributed by atoms with van der Waals surface area (Å²) in [4.78, 5) is 39.4. The largest absolute Gasteiger partial charge is 0.366 e. The van der Waals surface area contributed by atoms with Gasteiger partial charge in [0, 0.05) is 44.3 Å². The van der Waals surface area contributed by atoms with E-state index in [1.165, 1.54) is 0 Å². The van der Waals surface area contributed by atoms with Crippen LogP contribution in [0.5, 0.6) is 0 Å². The number of nitrogens with zero attached hydrogens (tertiary/aromatic N) is 4. The van der Waals surface area contributed by atoms with Crippen molar-refractivity contribution in [3.63, 3.8) is 0 Å². The number of amides is 1. The van der Waals surface area contributed by atoms with Crippen LogP contribution in [0.4, 0.5) is 10.1 Å². The molecule has 0 spiro atoms. The molecule has 3 aromatic rings. The Bertz CT molecular complexity index is 1280. The minimum Gasteiger partial charge on any atom is -0.366 e. The lowest BCUT2D eigenvalue weighted by Gasteiger charge is -2.36. The van der Waals surface area contributed by atoms with Crippen LogP contribution in [0, 0.1) is 12.7 Å². The number of carbonyl (C=O) groups is 1. The zero-order valence-electron chi connectivity index (χ0n) is 18.2. The molecule has 0 bridgehead atoms. The maximum atomic E-state index is 15.0. The second kappa shape index (κ2) is 8.72. The zero-order chi connectivity index (χ0) is 23.1. The fourth-order valence-corrected chi connectivity index (χ4v) is 4.32. The van der Waals surface area contributed by atoms with Crippen molar-refractivity contribution < 1.29 is 9.18 Å². The van der Waals surface area contributed by atoms with E-state index < -0.39 is 5.82 Å².